The number of primary sulfonamides is 1. The van der Waals surface area contributed by atoms with Crippen molar-refractivity contribution in [1.29, 1.82) is 0 Å². The topological polar surface area (TPSA) is 101 Å². The molecule has 2 heterocycles. The van der Waals surface area contributed by atoms with Crippen molar-refractivity contribution in [3.8, 4) is 0 Å². The van der Waals surface area contributed by atoms with Crippen LogP contribution in [0.15, 0.2) is 35.6 Å². The second-order valence-corrected chi connectivity index (χ2v) is 7.25. The molecule has 3 aliphatic rings. The summed E-state index contributed by atoms with van der Waals surface area (Å²) in [5.74, 6) is 0.122. The smallest absolute Gasteiger partial charge is 0.248 e. The standard InChI is InChI=1S/C13H16FN3O3S/c14-13(21(15,19)20)3-1-8(2-4-13)12(18)11-10-7-16-5-9(10)6-17-11/h1-3,7,9,11,16-17H,4-6H2,(H2,15,19,20). The minimum atomic E-state index is -4.35. The molecule has 0 aromatic carbocycles. The number of halogens is 1. The number of rotatable bonds is 3. The third kappa shape index (κ3) is 2.33. The van der Waals surface area contributed by atoms with Gasteiger partial charge in [-0.05, 0) is 17.8 Å². The van der Waals surface area contributed by atoms with Crippen LogP contribution in [0.25, 0.3) is 0 Å². The van der Waals surface area contributed by atoms with Crippen molar-refractivity contribution in [1.82, 2.24) is 10.6 Å². The average Bonchev–Trinajstić information content (AvgIpc) is 2.99. The highest BCUT2D eigenvalue weighted by atomic mass is 32.2. The lowest BCUT2D eigenvalue weighted by atomic mass is 9.92. The number of alkyl halides is 1. The Bertz CT molecular complexity index is 683. The van der Waals surface area contributed by atoms with Crippen molar-refractivity contribution >= 4 is 15.8 Å². The SMILES string of the molecule is NS(=O)(=O)C1(F)C=CC(C(=O)C2NCC3CNC=C32)=CC1. The largest absolute Gasteiger partial charge is 0.390 e. The van der Waals surface area contributed by atoms with Gasteiger partial charge < -0.3 is 10.6 Å². The molecule has 3 unspecified atom stereocenters. The van der Waals surface area contributed by atoms with Gasteiger partial charge >= 0.3 is 0 Å². The van der Waals surface area contributed by atoms with E-state index in [1.165, 1.54) is 12.2 Å². The molecule has 0 amide bonds. The van der Waals surface area contributed by atoms with Crippen molar-refractivity contribution in [2.75, 3.05) is 13.1 Å². The number of hydrogen-bond donors (Lipinski definition) is 3. The summed E-state index contributed by atoms with van der Waals surface area (Å²) in [6, 6.07) is -0.428. The summed E-state index contributed by atoms with van der Waals surface area (Å²) in [4.78, 5) is 12.4. The first kappa shape index (κ1) is 14.4. The molecule has 0 spiro atoms. The summed E-state index contributed by atoms with van der Waals surface area (Å²) in [5.41, 5.74) is 1.30. The fraction of sp³-hybridized carbons (Fsp3) is 0.462. The number of ketones is 1. The van der Waals surface area contributed by atoms with Gasteiger partial charge in [-0.2, -0.15) is 0 Å². The van der Waals surface area contributed by atoms with Crippen molar-refractivity contribution in [2.24, 2.45) is 11.1 Å². The molecule has 0 bridgehead atoms. The molecule has 114 valence electrons. The number of allylic oxidation sites excluding steroid dienone is 2. The zero-order chi connectivity index (χ0) is 15.3. The maximum Gasteiger partial charge on any atom is 0.248 e. The van der Waals surface area contributed by atoms with Gasteiger partial charge in [0.1, 0.15) is 0 Å². The summed E-state index contributed by atoms with van der Waals surface area (Å²) in [5, 5.41) is 8.47. The van der Waals surface area contributed by atoms with Crippen LogP contribution in [0, 0.1) is 5.92 Å². The normalized spacial score (nSPS) is 35.0. The molecule has 21 heavy (non-hydrogen) atoms. The highest BCUT2D eigenvalue weighted by Gasteiger charge is 2.42. The highest BCUT2D eigenvalue weighted by Crippen LogP contribution is 2.32. The van der Waals surface area contributed by atoms with E-state index in [1.807, 2.05) is 6.20 Å². The minimum Gasteiger partial charge on any atom is -0.390 e. The summed E-state index contributed by atoms with van der Waals surface area (Å²) in [6.45, 7) is 1.52. The summed E-state index contributed by atoms with van der Waals surface area (Å²) < 4.78 is 36.5. The molecule has 4 N–H and O–H groups in total. The molecule has 1 fully saturated rings. The molecule has 6 nitrogen and oxygen atoms in total. The van der Waals surface area contributed by atoms with Crippen LogP contribution < -0.4 is 15.8 Å². The van der Waals surface area contributed by atoms with Crippen LogP contribution in [0.3, 0.4) is 0 Å². The van der Waals surface area contributed by atoms with E-state index in [9.17, 15) is 17.6 Å². The van der Waals surface area contributed by atoms with E-state index in [0.29, 0.717) is 11.5 Å². The van der Waals surface area contributed by atoms with Gasteiger partial charge in [-0.15, -0.1) is 0 Å². The van der Waals surface area contributed by atoms with E-state index in [1.54, 1.807) is 0 Å². The molecular weight excluding hydrogens is 297 g/mol. The lowest BCUT2D eigenvalue weighted by molar-refractivity contribution is -0.116. The van der Waals surface area contributed by atoms with Crippen LogP contribution in [0.2, 0.25) is 0 Å². The van der Waals surface area contributed by atoms with Crippen molar-refractivity contribution < 1.29 is 17.6 Å². The number of nitrogens with one attached hydrogen (secondary N) is 2. The Morgan fingerprint density at radius 3 is 2.81 bits per heavy atom. The second-order valence-electron chi connectivity index (χ2n) is 5.48. The first-order chi connectivity index (χ1) is 9.82. The third-order valence-electron chi connectivity index (χ3n) is 4.14. The highest BCUT2D eigenvalue weighted by molar-refractivity contribution is 7.90. The van der Waals surface area contributed by atoms with E-state index in [2.05, 4.69) is 10.6 Å². The number of nitrogens with two attached hydrogens (primary N) is 1. The quantitative estimate of drug-likeness (QED) is 0.650. The van der Waals surface area contributed by atoms with Gasteiger partial charge in [0.2, 0.25) is 15.0 Å². The predicted octanol–water partition coefficient (Wildman–Crippen LogP) is -0.529. The second kappa shape index (κ2) is 4.75. The van der Waals surface area contributed by atoms with Gasteiger partial charge in [0.25, 0.3) is 0 Å². The predicted molar refractivity (Wildman–Crippen MR) is 75.2 cm³/mol. The Morgan fingerprint density at radius 1 is 1.43 bits per heavy atom. The Morgan fingerprint density at radius 2 is 2.19 bits per heavy atom. The number of Topliss-reactive ketones (excluding diaryl/α,β-unsaturated/α-hetero) is 1. The molecule has 3 rings (SSSR count). The number of carbonyl (C=O) groups excluding carboxylic acids is 1. The van der Waals surface area contributed by atoms with Crippen molar-refractivity contribution in [2.45, 2.75) is 17.5 Å². The maximum atomic E-state index is 14.1. The lowest BCUT2D eigenvalue weighted by Gasteiger charge is -2.22. The van der Waals surface area contributed by atoms with E-state index >= 15 is 0 Å². The molecule has 8 heteroatoms. The van der Waals surface area contributed by atoms with Gasteiger partial charge in [-0.1, -0.05) is 12.2 Å². The van der Waals surface area contributed by atoms with Crippen LogP contribution >= 0.6 is 0 Å². The first-order valence-electron chi connectivity index (χ1n) is 6.63. The van der Waals surface area contributed by atoms with E-state index < -0.39 is 27.5 Å². The Hall–Kier alpha value is -1.51. The van der Waals surface area contributed by atoms with Crippen molar-refractivity contribution in [3.63, 3.8) is 0 Å². The van der Waals surface area contributed by atoms with E-state index in [4.69, 9.17) is 5.14 Å². The molecule has 0 aromatic heterocycles. The van der Waals surface area contributed by atoms with Crippen molar-refractivity contribution in [3.05, 3.63) is 35.6 Å². The summed E-state index contributed by atoms with van der Waals surface area (Å²) in [7, 11) is -4.35. The Balaban J connectivity index is 1.78. The molecular formula is C13H16FN3O3S. The summed E-state index contributed by atoms with van der Waals surface area (Å²) in [6.07, 6.45) is 4.74. The number of carbonyl (C=O) groups is 1. The number of hydrogen-bond acceptors (Lipinski definition) is 5. The lowest BCUT2D eigenvalue weighted by Crippen LogP contribution is -2.39. The molecule has 3 atom stereocenters. The van der Waals surface area contributed by atoms with Crippen LogP contribution in [-0.2, 0) is 14.8 Å². The molecule has 0 aromatic rings. The zero-order valence-electron chi connectivity index (χ0n) is 11.2. The molecule has 0 radical (unpaired) electrons. The van der Waals surface area contributed by atoms with Gasteiger partial charge in [-0.25, -0.2) is 17.9 Å². The Kier molecular flexibility index (Phi) is 3.27. The minimum absolute atomic E-state index is 0.180. The van der Waals surface area contributed by atoms with E-state index in [-0.39, 0.29) is 5.78 Å². The summed E-state index contributed by atoms with van der Waals surface area (Å²) >= 11 is 0. The average molecular weight is 313 g/mol. The van der Waals surface area contributed by atoms with E-state index in [0.717, 1.165) is 24.7 Å². The number of fused-ring (bicyclic) bond motifs is 1. The molecule has 0 saturated carbocycles. The maximum absolute atomic E-state index is 14.1. The van der Waals surface area contributed by atoms with Crippen LogP contribution in [-0.4, -0.2) is 38.3 Å². The van der Waals surface area contributed by atoms with Crippen LogP contribution in [0.5, 0.6) is 0 Å². The van der Waals surface area contributed by atoms with Gasteiger partial charge in [0.05, 0.1) is 6.04 Å². The van der Waals surface area contributed by atoms with Crippen LogP contribution in [0.4, 0.5) is 4.39 Å². The fourth-order valence-electron chi connectivity index (χ4n) is 2.85. The molecule has 1 aliphatic carbocycles. The van der Waals surface area contributed by atoms with Crippen LogP contribution in [0.1, 0.15) is 6.42 Å². The van der Waals surface area contributed by atoms with Gasteiger partial charge in [-0.3, -0.25) is 4.79 Å². The van der Waals surface area contributed by atoms with Gasteiger partial charge in [0, 0.05) is 31.0 Å². The zero-order valence-corrected chi connectivity index (χ0v) is 12.0. The first-order valence-corrected chi connectivity index (χ1v) is 8.18. The van der Waals surface area contributed by atoms with Gasteiger partial charge in [0.15, 0.2) is 5.78 Å². The number of sulfonamides is 1. The fourth-order valence-corrected chi connectivity index (χ4v) is 3.42. The monoisotopic (exact) mass is 313 g/mol. The molecule has 1 saturated heterocycles. The Labute approximate surface area is 122 Å². The third-order valence-corrected chi connectivity index (χ3v) is 5.39. The molecule has 2 aliphatic heterocycles.